The number of carbonyl (C=O) groups excluding carboxylic acids is 1. The van der Waals surface area contributed by atoms with Gasteiger partial charge in [0.15, 0.2) is 0 Å². The molecule has 1 amide bonds. The maximum atomic E-state index is 12.6. The van der Waals surface area contributed by atoms with Gasteiger partial charge in [0.05, 0.1) is 17.9 Å². The molecule has 114 valence electrons. The Morgan fingerprint density at radius 1 is 1.38 bits per heavy atom. The van der Waals surface area contributed by atoms with Crippen LogP contribution in [0.5, 0.6) is 0 Å². The number of carboxylic acids is 1. The molecule has 1 aliphatic carbocycles. The standard InChI is InChI=1S/C16H20BrNO3/c1-3-8-18(15(19)12-9-13(12)16(20)21)10(2)11-6-4-5-7-14(11)17/h4-7,10,12-13H,3,8-9H2,1-2H3,(H,20,21). The molecule has 1 aromatic rings. The van der Waals surface area contributed by atoms with Crippen LogP contribution in [0.2, 0.25) is 0 Å². The molecule has 0 heterocycles. The van der Waals surface area contributed by atoms with Gasteiger partial charge in [0.1, 0.15) is 0 Å². The predicted octanol–water partition coefficient (Wildman–Crippen LogP) is 3.47. The lowest BCUT2D eigenvalue weighted by atomic mass is 10.1. The number of hydrogen-bond donors (Lipinski definition) is 1. The quantitative estimate of drug-likeness (QED) is 0.851. The number of nitrogens with zero attached hydrogens (tertiary/aromatic N) is 1. The van der Waals surface area contributed by atoms with Gasteiger partial charge in [0, 0.05) is 11.0 Å². The zero-order chi connectivity index (χ0) is 15.6. The number of benzene rings is 1. The van der Waals surface area contributed by atoms with Crippen molar-refractivity contribution >= 4 is 27.8 Å². The van der Waals surface area contributed by atoms with Crippen molar-refractivity contribution in [3.63, 3.8) is 0 Å². The fourth-order valence-electron chi connectivity index (χ4n) is 2.67. The van der Waals surface area contributed by atoms with E-state index in [0.29, 0.717) is 13.0 Å². The van der Waals surface area contributed by atoms with Crippen molar-refractivity contribution in [2.45, 2.75) is 32.7 Å². The lowest BCUT2D eigenvalue weighted by Gasteiger charge is -2.30. The van der Waals surface area contributed by atoms with Crippen LogP contribution >= 0.6 is 15.9 Å². The Kier molecular flexibility index (Phi) is 5.04. The fraction of sp³-hybridized carbons (Fsp3) is 0.500. The first kappa shape index (κ1) is 16.0. The molecular formula is C16H20BrNO3. The van der Waals surface area contributed by atoms with E-state index in [1.165, 1.54) is 0 Å². The van der Waals surface area contributed by atoms with Crippen molar-refractivity contribution in [2.24, 2.45) is 11.8 Å². The number of carboxylic acid groups (broad SMARTS) is 1. The number of rotatable bonds is 6. The van der Waals surface area contributed by atoms with E-state index in [9.17, 15) is 9.59 Å². The molecule has 0 saturated heterocycles. The van der Waals surface area contributed by atoms with Crippen molar-refractivity contribution in [1.29, 1.82) is 0 Å². The van der Waals surface area contributed by atoms with Crippen LogP contribution in [-0.2, 0) is 9.59 Å². The van der Waals surface area contributed by atoms with Gasteiger partial charge < -0.3 is 10.0 Å². The summed E-state index contributed by atoms with van der Waals surface area (Å²) in [6.45, 7) is 4.66. The summed E-state index contributed by atoms with van der Waals surface area (Å²) in [5, 5.41) is 9.01. The Labute approximate surface area is 133 Å². The second-order valence-corrected chi connectivity index (χ2v) is 6.37. The molecule has 1 aromatic carbocycles. The van der Waals surface area contributed by atoms with Crippen LogP contribution in [0.1, 0.15) is 38.3 Å². The van der Waals surface area contributed by atoms with E-state index in [1.807, 2.05) is 43.0 Å². The topological polar surface area (TPSA) is 57.6 Å². The summed E-state index contributed by atoms with van der Waals surface area (Å²) in [4.78, 5) is 25.4. The van der Waals surface area contributed by atoms with Crippen LogP contribution < -0.4 is 0 Å². The minimum atomic E-state index is -0.863. The molecule has 2 rings (SSSR count). The van der Waals surface area contributed by atoms with Gasteiger partial charge in [0.2, 0.25) is 5.91 Å². The highest BCUT2D eigenvalue weighted by Gasteiger charge is 2.50. The lowest BCUT2D eigenvalue weighted by molar-refractivity contribution is -0.142. The van der Waals surface area contributed by atoms with Crippen molar-refractivity contribution in [2.75, 3.05) is 6.54 Å². The number of carbonyl (C=O) groups is 2. The number of aliphatic carboxylic acids is 1. The molecule has 5 heteroatoms. The Hall–Kier alpha value is -1.36. The van der Waals surface area contributed by atoms with Crippen molar-refractivity contribution in [1.82, 2.24) is 4.90 Å². The zero-order valence-corrected chi connectivity index (χ0v) is 13.8. The molecule has 0 aliphatic heterocycles. The summed E-state index contributed by atoms with van der Waals surface area (Å²) < 4.78 is 0.969. The molecular weight excluding hydrogens is 334 g/mol. The first-order chi connectivity index (χ1) is 9.97. The van der Waals surface area contributed by atoms with Crippen molar-refractivity contribution in [3.8, 4) is 0 Å². The highest BCUT2D eigenvalue weighted by atomic mass is 79.9. The molecule has 21 heavy (non-hydrogen) atoms. The van der Waals surface area contributed by atoms with E-state index >= 15 is 0 Å². The first-order valence-corrected chi connectivity index (χ1v) is 8.04. The van der Waals surface area contributed by atoms with Crippen LogP contribution in [0.15, 0.2) is 28.7 Å². The molecule has 0 aromatic heterocycles. The maximum Gasteiger partial charge on any atom is 0.307 e. The van der Waals surface area contributed by atoms with Gasteiger partial charge in [-0.1, -0.05) is 41.1 Å². The Bertz CT molecular complexity index is 546. The van der Waals surface area contributed by atoms with Crippen molar-refractivity contribution in [3.05, 3.63) is 34.3 Å². The maximum absolute atomic E-state index is 12.6. The molecule has 1 saturated carbocycles. The molecule has 3 atom stereocenters. The summed E-state index contributed by atoms with van der Waals surface area (Å²) >= 11 is 3.52. The zero-order valence-electron chi connectivity index (χ0n) is 12.3. The predicted molar refractivity (Wildman–Crippen MR) is 83.8 cm³/mol. The van der Waals surface area contributed by atoms with E-state index in [4.69, 9.17) is 5.11 Å². The van der Waals surface area contributed by atoms with Gasteiger partial charge in [-0.25, -0.2) is 0 Å². The van der Waals surface area contributed by atoms with Gasteiger partial charge >= 0.3 is 5.97 Å². The molecule has 0 bridgehead atoms. The average molecular weight is 354 g/mol. The highest BCUT2D eigenvalue weighted by molar-refractivity contribution is 9.10. The molecule has 1 aliphatic rings. The Balaban J connectivity index is 2.17. The minimum Gasteiger partial charge on any atom is -0.481 e. The second-order valence-electron chi connectivity index (χ2n) is 5.52. The fourth-order valence-corrected chi connectivity index (χ4v) is 3.29. The van der Waals surface area contributed by atoms with Gasteiger partial charge in [-0.2, -0.15) is 0 Å². The summed E-state index contributed by atoms with van der Waals surface area (Å²) in [6, 6.07) is 7.77. The number of hydrogen-bond acceptors (Lipinski definition) is 2. The van der Waals surface area contributed by atoms with Gasteiger partial charge in [0.25, 0.3) is 0 Å². The summed E-state index contributed by atoms with van der Waals surface area (Å²) in [7, 11) is 0. The Morgan fingerprint density at radius 3 is 2.57 bits per heavy atom. The highest BCUT2D eigenvalue weighted by Crippen LogP contribution is 2.42. The van der Waals surface area contributed by atoms with Crippen LogP contribution in [0.3, 0.4) is 0 Å². The first-order valence-electron chi connectivity index (χ1n) is 7.25. The van der Waals surface area contributed by atoms with E-state index in [-0.39, 0.29) is 17.9 Å². The number of amides is 1. The van der Waals surface area contributed by atoms with Crippen LogP contribution in [0, 0.1) is 11.8 Å². The molecule has 4 nitrogen and oxygen atoms in total. The van der Waals surface area contributed by atoms with Gasteiger partial charge in [-0.15, -0.1) is 0 Å². The third-order valence-electron chi connectivity index (χ3n) is 4.00. The second kappa shape index (κ2) is 6.60. The third-order valence-corrected chi connectivity index (χ3v) is 4.72. The monoisotopic (exact) mass is 353 g/mol. The van der Waals surface area contributed by atoms with Crippen molar-refractivity contribution < 1.29 is 14.7 Å². The average Bonchev–Trinajstić information content (AvgIpc) is 3.24. The summed E-state index contributed by atoms with van der Waals surface area (Å²) in [5.74, 6) is -1.74. The van der Waals surface area contributed by atoms with E-state index in [0.717, 1.165) is 16.5 Å². The molecule has 0 radical (unpaired) electrons. The normalized spacial score (nSPS) is 21.7. The van der Waals surface area contributed by atoms with Crippen LogP contribution in [-0.4, -0.2) is 28.4 Å². The Morgan fingerprint density at radius 2 is 2.05 bits per heavy atom. The van der Waals surface area contributed by atoms with Crippen LogP contribution in [0.25, 0.3) is 0 Å². The minimum absolute atomic E-state index is 0.0347. The molecule has 1 fully saturated rings. The van der Waals surface area contributed by atoms with E-state index in [1.54, 1.807) is 0 Å². The molecule has 3 unspecified atom stereocenters. The molecule has 1 N–H and O–H groups in total. The van der Waals surface area contributed by atoms with Crippen LogP contribution in [0.4, 0.5) is 0 Å². The van der Waals surface area contributed by atoms with E-state index in [2.05, 4.69) is 15.9 Å². The van der Waals surface area contributed by atoms with Gasteiger partial charge in [-0.3, -0.25) is 9.59 Å². The smallest absolute Gasteiger partial charge is 0.307 e. The molecule has 0 spiro atoms. The SMILES string of the molecule is CCCN(C(=O)C1CC1C(=O)O)C(C)c1ccccc1Br. The lowest BCUT2D eigenvalue weighted by Crippen LogP contribution is -2.36. The van der Waals surface area contributed by atoms with Gasteiger partial charge in [-0.05, 0) is 31.4 Å². The third kappa shape index (κ3) is 3.46. The number of halogens is 1. The van der Waals surface area contributed by atoms with E-state index < -0.39 is 11.9 Å². The summed E-state index contributed by atoms with van der Waals surface area (Å²) in [5.41, 5.74) is 1.05. The summed E-state index contributed by atoms with van der Waals surface area (Å²) in [6.07, 6.45) is 1.32. The largest absolute Gasteiger partial charge is 0.481 e.